The van der Waals surface area contributed by atoms with Gasteiger partial charge in [-0.3, -0.25) is 9.36 Å². The number of esters is 2. The lowest BCUT2D eigenvalue weighted by atomic mass is 10.0. The van der Waals surface area contributed by atoms with Crippen LogP contribution in [0.25, 0.3) is 16.9 Å². The fourth-order valence-electron chi connectivity index (χ4n) is 4.16. The largest absolute Gasteiger partial charge is 0.468 e. The van der Waals surface area contributed by atoms with Crippen LogP contribution in [-0.2, 0) is 43.4 Å². The first kappa shape index (κ1) is 29.1. The molecule has 11 heteroatoms. The van der Waals surface area contributed by atoms with E-state index < -0.39 is 35.4 Å². The molecule has 214 valence electrons. The van der Waals surface area contributed by atoms with E-state index in [0.29, 0.717) is 22.4 Å². The van der Waals surface area contributed by atoms with Gasteiger partial charge in [0.05, 0.1) is 18.3 Å². The molecule has 0 fully saturated rings. The van der Waals surface area contributed by atoms with Gasteiger partial charge in [-0.15, -0.1) is 0 Å². The quantitative estimate of drug-likeness (QED) is 0.243. The molecule has 2 aromatic carbocycles. The standard InChI is InChI=1S/C30H32N4O7/c1-30(2,3)41-27(36)23(32-28(37)40-19-21-9-6-5-7-10-21)17-20-12-14-22(15-13-20)34-26-24(11-8-16-31-26)33(29(34)38)18-25(35)39-4/h5-16,23H,17-19H2,1-4H3,(H,32,37)/t23-/m0/s1. The van der Waals surface area contributed by atoms with Gasteiger partial charge >= 0.3 is 23.7 Å². The maximum absolute atomic E-state index is 13.3. The number of fused-ring (bicyclic) bond motifs is 1. The third-order valence-corrected chi connectivity index (χ3v) is 6.04. The molecule has 1 atom stereocenters. The van der Waals surface area contributed by atoms with Gasteiger partial charge < -0.3 is 19.5 Å². The van der Waals surface area contributed by atoms with Crippen LogP contribution in [0.5, 0.6) is 0 Å². The van der Waals surface area contributed by atoms with E-state index in [9.17, 15) is 19.2 Å². The van der Waals surface area contributed by atoms with Crippen molar-refractivity contribution in [1.82, 2.24) is 19.4 Å². The van der Waals surface area contributed by atoms with Crippen LogP contribution in [0.3, 0.4) is 0 Å². The number of ether oxygens (including phenoxy) is 3. The smallest absolute Gasteiger partial charge is 0.408 e. The lowest BCUT2D eigenvalue weighted by Crippen LogP contribution is -2.45. The zero-order chi connectivity index (χ0) is 29.6. The third kappa shape index (κ3) is 7.38. The zero-order valence-electron chi connectivity index (χ0n) is 23.3. The fourth-order valence-corrected chi connectivity index (χ4v) is 4.16. The first-order valence-corrected chi connectivity index (χ1v) is 13.0. The average Bonchev–Trinajstić information content (AvgIpc) is 3.22. The summed E-state index contributed by atoms with van der Waals surface area (Å²) < 4.78 is 18.3. The van der Waals surface area contributed by atoms with Crippen molar-refractivity contribution in [3.63, 3.8) is 0 Å². The van der Waals surface area contributed by atoms with Crippen LogP contribution in [0.15, 0.2) is 77.7 Å². The summed E-state index contributed by atoms with van der Waals surface area (Å²) in [6.45, 7) is 5.02. The Bertz CT molecular complexity index is 1590. The minimum absolute atomic E-state index is 0.0504. The van der Waals surface area contributed by atoms with Crippen LogP contribution in [0.1, 0.15) is 31.9 Å². The van der Waals surface area contributed by atoms with Gasteiger partial charge in [0.2, 0.25) is 0 Å². The minimum atomic E-state index is -1.02. The minimum Gasteiger partial charge on any atom is -0.468 e. The molecule has 0 radical (unpaired) electrons. The van der Waals surface area contributed by atoms with Crippen LogP contribution in [0, 0.1) is 0 Å². The molecule has 0 saturated carbocycles. The number of carbonyl (C=O) groups excluding carboxylic acids is 3. The third-order valence-electron chi connectivity index (χ3n) is 6.04. The predicted molar refractivity (Wildman–Crippen MR) is 150 cm³/mol. The molecule has 0 aliphatic heterocycles. The summed E-state index contributed by atoms with van der Waals surface area (Å²) in [4.78, 5) is 55.1. The maximum atomic E-state index is 13.3. The number of aromatic nitrogens is 3. The van der Waals surface area contributed by atoms with Crippen molar-refractivity contribution in [1.29, 1.82) is 0 Å². The van der Waals surface area contributed by atoms with E-state index >= 15 is 0 Å². The van der Waals surface area contributed by atoms with Gasteiger partial charge in [0.15, 0.2) is 5.65 Å². The summed E-state index contributed by atoms with van der Waals surface area (Å²) in [6.07, 6.45) is 0.924. The Labute approximate surface area is 236 Å². The lowest BCUT2D eigenvalue weighted by molar-refractivity contribution is -0.157. The molecule has 0 aliphatic rings. The fraction of sp³-hybridized carbons (Fsp3) is 0.300. The number of hydrogen-bond donors (Lipinski definition) is 1. The highest BCUT2D eigenvalue weighted by Gasteiger charge is 2.28. The number of imidazole rings is 1. The number of pyridine rings is 1. The molecular weight excluding hydrogens is 528 g/mol. The van der Waals surface area contributed by atoms with E-state index in [2.05, 4.69) is 10.3 Å². The average molecular weight is 561 g/mol. The molecule has 11 nitrogen and oxygen atoms in total. The van der Waals surface area contributed by atoms with Gasteiger partial charge in [0.25, 0.3) is 0 Å². The van der Waals surface area contributed by atoms with E-state index in [-0.39, 0.29) is 19.6 Å². The molecule has 1 amide bonds. The number of methoxy groups -OCH3 is 1. The van der Waals surface area contributed by atoms with Crippen LogP contribution in [0.4, 0.5) is 4.79 Å². The molecule has 0 unspecified atom stereocenters. The van der Waals surface area contributed by atoms with E-state index in [0.717, 1.165) is 5.56 Å². The Morgan fingerprint density at radius 1 is 0.951 bits per heavy atom. The number of amides is 1. The molecule has 0 saturated heterocycles. The molecule has 4 rings (SSSR count). The van der Waals surface area contributed by atoms with E-state index in [1.165, 1.54) is 16.2 Å². The van der Waals surface area contributed by atoms with E-state index in [4.69, 9.17) is 14.2 Å². The topological polar surface area (TPSA) is 131 Å². The second kappa shape index (κ2) is 12.5. The number of rotatable bonds is 9. The second-order valence-electron chi connectivity index (χ2n) is 10.3. The van der Waals surface area contributed by atoms with Crippen molar-refractivity contribution >= 4 is 29.2 Å². The van der Waals surface area contributed by atoms with Gasteiger partial charge in [-0.2, -0.15) is 0 Å². The number of carbonyl (C=O) groups is 3. The Kier molecular flexibility index (Phi) is 8.86. The molecule has 0 spiro atoms. The summed E-state index contributed by atoms with van der Waals surface area (Å²) >= 11 is 0. The molecule has 1 N–H and O–H groups in total. The van der Waals surface area contributed by atoms with Crippen molar-refractivity contribution in [3.8, 4) is 5.69 Å². The highest BCUT2D eigenvalue weighted by molar-refractivity contribution is 5.82. The Hall–Kier alpha value is -4.93. The molecule has 0 aliphatic carbocycles. The number of hydrogen-bond acceptors (Lipinski definition) is 8. The summed E-state index contributed by atoms with van der Waals surface area (Å²) in [5.41, 5.74) is 1.67. The Balaban J connectivity index is 1.55. The molecular formula is C30H32N4O7. The summed E-state index contributed by atoms with van der Waals surface area (Å²) in [6, 6.07) is 18.4. The van der Waals surface area contributed by atoms with Crippen molar-refractivity contribution < 1.29 is 28.6 Å². The van der Waals surface area contributed by atoms with Crippen molar-refractivity contribution in [2.24, 2.45) is 0 Å². The summed E-state index contributed by atoms with van der Waals surface area (Å²) in [7, 11) is 1.26. The number of nitrogens with zero attached hydrogens (tertiary/aromatic N) is 3. The van der Waals surface area contributed by atoms with Gasteiger partial charge in [0.1, 0.15) is 24.8 Å². The summed E-state index contributed by atoms with van der Waals surface area (Å²) in [5.74, 6) is -1.17. The molecule has 2 heterocycles. The maximum Gasteiger partial charge on any atom is 0.408 e. The monoisotopic (exact) mass is 560 g/mol. The normalized spacial score (nSPS) is 12.0. The number of alkyl carbamates (subject to hydrolysis) is 1. The predicted octanol–water partition coefficient (Wildman–Crippen LogP) is 3.54. The van der Waals surface area contributed by atoms with Crippen molar-refractivity contribution in [3.05, 3.63) is 94.5 Å². The Morgan fingerprint density at radius 3 is 2.32 bits per heavy atom. The molecule has 4 aromatic rings. The van der Waals surface area contributed by atoms with Gasteiger partial charge in [-0.1, -0.05) is 42.5 Å². The van der Waals surface area contributed by atoms with Gasteiger partial charge in [-0.05, 0) is 56.2 Å². The van der Waals surface area contributed by atoms with E-state index in [1.54, 1.807) is 63.4 Å². The van der Waals surface area contributed by atoms with Crippen molar-refractivity contribution in [2.75, 3.05) is 7.11 Å². The lowest BCUT2D eigenvalue weighted by Gasteiger charge is -2.24. The highest BCUT2D eigenvalue weighted by atomic mass is 16.6. The molecule has 2 aromatic heterocycles. The zero-order valence-corrected chi connectivity index (χ0v) is 23.3. The van der Waals surface area contributed by atoms with Gasteiger partial charge in [0, 0.05) is 12.6 Å². The molecule has 0 bridgehead atoms. The van der Waals surface area contributed by atoms with Crippen molar-refractivity contribution in [2.45, 2.75) is 52.0 Å². The van der Waals surface area contributed by atoms with Crippen LogP contribution >= 0.6 is 0 Å². The Morgan fingerprint density at radius 2 is 1.66 bits per heavy atom. The first-order valence-electron chi connectivity index (χ1n) is 13.0. The SMILES string of the molecule is COC(=O)Cn1c(=O)n(-c2ccc(C[C@H](NC(=O)OCc3ccccc3)C(=O)OC(C)(C)C)cc2)c2ncccc21. The number of benzene rings is 2. The van der Waals surface area contributed by atoms with E-state index in [1.807, 2.05) is 30.3 Å². The first-order chi connectivity index (χ1) is 19.6. The highest BCUT2D eigenvalue weighted by Crippen LogP contribution is 2.18. The van der Waals surface area contributed by atoms with Crippen LogP contribution in [-0.4, -0.2) is 50.9 Å². The second-order valence-corrected chi connectivity index (χ2v) is 10.3. The molecule has 41 heavy (non-hydrogen) atoms. The summed E-state index contributed by atoms with van der Waals surface area (Å²) in [5, 5.41) is 2.62. The number of nitrogens with one attached hydrogen (secondary N) is 1. The van der Waals surface area contributed by atoms with Crippen LogP contribution < -0.4 is 11.0 Å². The van der Waals surface area contributed by atoms with Crippen LogP contribution in [0.2, 0.25) is 0 Å². The van der Waals surface area contributed by atoms with Gasteiger partial charge in [-0.25, -0.2) is 23.9 Å².